The Kier molecular flexibility index (Phi) is 4.97. The van der Waals surface area contributed by atoms with E-state index in [1.165, 1.54) is 5.56 Å². The van der Waals surface area contributed by atoms with Gasteiger partial charge < -0.3 is 5.32 Å². The van der Waals surface area contributed by atoms with Crippen LogP contribution in [-0.4, -0.2) is 43.1 Å². The standard InChI is InChI=1S/C15H19N3O3S/c1-3-11-4-6-12(7-5-11)13-10-14(18-17-13)15(19)16-8-9-22(2,20)21/h4-7,10H,3,8-9H2,1-2H3,(H,16,19)(H,17,18). The van der Waals surface area contributed by atoms with Crippen molar-refractivity contribution in [3.05, 3.63) is 41.6 Å². The zero-order valence-electron chi connectivity index (χ0n) is 12.6. The zero-order chi connectivity index (χ0) is 16.2. The molecule has 2 rings (SSSR count). The van der Waals surface area contributed by atoms with Crippen LogP contribution in [0.1, 0.15) is 23.0 Å². The number of rotatable bonds is 6. The Balaban J connectivity index is 2.02. The van der Waals surface area contributed by atoms with Gasteiger partial charge in [0, 0.05) is 18.4 Å². The van der Waals surface area contributed by atoms with E-state index in [-0.39, 0.29) is 18.2 Å². The molecule has 0 fully saturated rings. The van der Waals surface area contributed by atoms with Crippen LogP contribution in [0.25, 0.3) is 11.3 Å². The number of hydrogen-bond donors (Lipinski definition) is 2. The largest absolute Gasteiger partial charge is 0.350 e. The van der Waals surface area contributed by atoms with Gasteiger partial charge in [-0.2, -0.15) is 5.10 Å². The number of amides is 1. The van der Waals surface area contributed by atoms with E-state index in [1.54, 1.807) is 6.07 Å². The summed E-state index contributed by atoms with van der Waals surface area (Å²) < 4.78 is 22.0. The maximum absolute atomic E-state index is 11.9. The second-order valence-electron chi connectivity index (χ2n) is 5.10. The van der Waals surface area contributed by atoms with Crippen molar-refractivity contribution in [2.24, 2.45) is 0 Å². The first-order chi connectivity index (χ1) is 10.4. The van der Waals surface area contributed by atoms with Crippen LogP contribution in [0.5, 0.6) is 0 Å². The van der Waals surface area contributed by atoms with Crippen LogP contribution in [0, 0.1) is 0 Å². The molecule has 0 saturated carbocycles. The van der Waals surface area contributed by atoms with Gasteiger partial charge in [0.2, 0.25) is 0 Å². The van der Waals surface area contributed by atoms with Crippen LogP contribution in [-0.2, 0) is 16.3 Å². The molecule has 22 heavy (non-hydrogen) atoms. The van der Waals surface area contributed by atoms with Crippen LogP contribution in [0.15, 0.2) is 30.3 Å². The highest BCUT2D eigenvalue weighted by atomic mass is 32.2. The number of sulfone groups is 1. The lowest BCUT2D eigenvalue weighted by Crippen LogP contribution is -2.29. The SMILES string of the molecule is CCc1ccc(-c2cc(C(=O)NCCS(C)(=O)=O)[nH]n2)cc1. The van der Waals surface area contributed by atoms with Gasteiger partial charge in [-0.1, -0.05) is 31.2 Å². The zero-order valence-corrected chi connectivity index (χ0v) is 13.4. The lowest BCUT2D eigenvalue weighted by Gasteiger charge is -2.01. The van der Waals surface area contributed by atoms with Gasteiger partial charge in [0.05, 0.1) is 11.4 Å². The summed E-state index contributed by atoms with van der Waals surface area (Å²) in [5.41, 5.74) is 3.14. The van der Waals surface area contributed by atoms with Crippen molar-refractivity contribution in [3.63, 3.8) is 0 Å². The van der Waals surface area contributed by atoms with E-state index in [4.69, 9.17) is 0 Å². The summed E-state index contributed by atoms with van der Waals surface area (Å²) in [6.45, 7) is 2.17. The van der Waals surface area contributed by atoms with Gasteiger partial charge in [0.25, 0.3) is 5.91 Å². The number of benzene rings is 1. The molecule has 2 N–H and O–H groups in total. The minimum Gasteiger partial charge on any atom is -0.350 e. The van der Waals surface area contributed by atoms with Crippen LogP contribution in [0.3, 0.4) is 0 Å². The second kappa shape index (κ2) is 6.74. The minimum atomic E-state index is -3.09. The first kappa shape index (κ1) is 16.2. The Morgan fingerprint density at radius 2 is 1.95 bits per heavy atom. The molecule has 118 valence electrons. The fourth-order valence-electron chi connectivity index (χ4n) is 1.94. The summed E-state index contributed by atoms with van der Waals surface area (Å²) in [6, 6.07) is 9.61. The highest BCUT2D eigenvalue weighted by Crippen LogP contribution is 2.18. The van der Waals surface area contributed by atoms with Gasteiger partial charge in [-0.3, -0.25) is 9.89 Å². The lowest BCUT2D eigenvalue weighted by molar-refractivity contribution is 0.0951. The van der Waals surface area contributed by atoms with Crippen molar-refractivity contribution in [2.75, 3.05) is 18.6 Å². The van der Waals surface area contributed by atoms with Crippen molar-refractivity contribution in [3.8, 4) is 11.3 Å². The molecule has 0 aliphatic heterocycles. The van der Waals surface area contributed by atoms with E-state index in [1.807, 2.05) is 24.3 Å². The van der Waals surface area contributed by atoms with Crippen LogP contribution in [0.2, 0.25) is 0 Å². The molecule has 0 aliphatic rings. The molecule has 1 aromatic heterocycles. The van der Waals surface area contributed by atoms with Gasteiger partial charge in [-0.05, 0) is 18.1 Å². The number of carbonyl (C=O) groups is 1. The third-order valence-electron chi connectivity index (χ3n) is 3.24. The van der Waals surface area contributed by atoms with E-state index in [0.29, 0.717) is 11.4 Å². The van der Waals surface area contributed by atoms with E-state index in [9.17, 15) is 13.2 Å². The monoisotopic (exact) mass is 321 g/mol. The average molecular weight is 321 g/mol. The molecule has 0 unspecified atom stereocenters. The summed E-state index contributed by atoms with van der Waals surface area (Å²) in [7, 11) is -3.09. The normalized spacial score (nSPS) is 11.4. The van der Waals surface area contributed by atoms with Gasteiger partial charge in [-0.15, -0.1) is 0 Å². The Bertz CT molecular complexity index is 749. The molecule has 2 aromatic rings. The molecule has 0 saturated heterocycles. The number of aryl methyl sites for hydroxylation is 1. The molecule has 0 bridgehead atoms. The first-order valence-corrected chi connectivity index (χ1v) is 9.06. The third kappa shape index (κ3) is 4.42. The summed E-state index contributed by atoms with van der Waals surface area (Å²) in [5, 5.41) is 9.33. The van der Waals surface area contributed by atoms with Crippen molar-refractivity contribution < 1.29 is 13.2 Å². The Hall–Kier alpha value is -2.15. The predicted octanol–water partition coefficient (Wildman–Crippen LogP) is 1.41. The maximum Gasteiger partial charge on any atom is 0.269 e. The summed E-state index contributed by atoms with van der Waals surface area (Å²) >= 11 is 0. The van der Waals surface area contributed by atoms with Crippen LogP contribution in [0.4, 0.5) is 0 Å². The number of aromatic nitrogens is 2. The van der Waals surface area contributed by atoms with Crippen molar-refractivity contribution in [1.29, 1.82) is 0 Å². The molecule has 1 heterocycles. The number of H-pyrrole nitrogens is 1. The minimum absolute atomic E-state index is 0.0806. The molecule has 6 nitrogen and oxygen atoms in total. The summed E-state index contributed by atoms with van der Waals surface area (Å²) in [6.07, 6.45) is 2.10. The van der Waals surface area contributed by atoms with E-state index >= 15 is 0 Å². The third-order valence-corrected chi connectivity index (χ3v) is 4.18. The lowest BCUT2D eigenvalue weighted by atomic mass is 10.1. The van der Waals surface area contributed by atoms with Gasteiger partial charge in [0.15, 0.2) is 0 Å². The van der Waals surface area contributed by atoms with Crippen molar-refractivity contribution >= 4 is 15.7 Å². The molecule has 0 atom stereocenters. The van der Waals surface area contributed by atoms with Crippen LogP contribution < -0.4 is 5.32 Å². The molecular formula is C15H19N3O3S. The van der Waals surface area contributed by atoms with Gasteiger partial charge >= 0.3 is 0 Å². The number of hydrogen-bond acceptors (Lipinski definition) is 4. The number of nitrogens with one attached hydrogen (secondary N) is 2. The van der Waals surface area contributed by atoms with E-state index < -0.39 is 9.84 Å². The molecule has 0 radical (unpaired) electrons. The Morgan fingerprint density at radius 3 is 2.55 bits per heavy atom. The second-order valence-corrected chi connectivity index (χ2v) is 7.36. The molecule has 1 amide bonds. The topological polar surface area (TPSA) is 91.9 Å². The molecule has 0 spiro atoms. The number of nitrogens with zero attached hydrogens (tertiary/aromatic N) is 1. The highest BCUT2D eigenvalue weighted by Gasteiger charge is 2.11. The maximum atomic E-state index is 11.9. The predicted molar refractivity (Wildman–Crippen MR) is 85.4 cm³/mol. The molecule has 1 aromatic carbocycles. The molecular weight excluding hydrogens is 302 g/mol. The molecule has 0 aliphatic carbocycles. The van der Waals surface area contributed by atoms with Crippen molar-refractivity contribution in [1.82, 2.24) is 15.5 Å². The van der Waals surface area contributed by atoms with Crippen LogP contribution >= 0.6 is 0 Å². The van der Waals surface area contributed by atoms with Crippen molar-refractivity contribution in [2.45, 2.75) is 13.3 Å². The summed E-state index contributed by atoms with van der Waals surface area (Å²) in [5.74, 6) is -0.453. The Labute approximate surface area is 129 Å². The fourth-order valence-corrected chi connectivity index (χ4v) is 2.42. The first-order valence-electron chi connectivity index (χ1n) is 6.99. The quantitative estimate of drug-likeness (QED) is 0.841. The van der Waals surface area contributed by atoms with Gasteiger partial charge in [0.1, 0.15) is 15.5 Å². The smallest absolute Gasteiger partial charge is 0.269 e. The fraction of sp³-hybridized carbons (Fsp3) is 0.333. The van der Waals surface area contributed by atoms with Gasteiger partial charge in [-0.25, -0.2) is 8.42 Å². The highest BCUT2D eigenvalue weighted by molar-refractivity contribution is 7.90. The van der Waals surface area contributed by atoms with E-state index in [0.717, 1.165) is 18.2 Å². The Morgan fingerprint density at radius 1 is 1.27 bits per heavy atom. The summed E-state index contributed by atoms with van der Waals surface area (Å²) in [4.78, 5) is 11.9. The average Bonchev–Trinajstić information content (AvgIpc) is 2.96. The molecule has 7 heteroatoms. The number of aromatic amines is 1. The van der Waals surface area contributed by atoms with E-state index in [2.05, 4.69) is 22.4 Å². The number of carbonyl (C=O) groups excluding carboxylic acids is 1.